The minimum absolute atomic E-state index is 0.00968. The molecule has 9 heteroatoms. The van der Waals surface area contributed by atoms with Gasteiger partial charge in [0.25, 0.3) is 0 Å². The molecule has 1 aromatic carbocycles. The van der Waals surface area contributed by atoms with Crippen LogP contribution in [0.15, 0.2) is 30.5 Å². The van der Waals surface area contributed by atoms with Crippen molar-refractivity contribution in [1.29, 1.82) is 0 Å². The number of ether oxygens (including phenoxy) is 1. The maximum atomic E-state index is 12.9. The fraction of sp³-hybridized carbons (Fsp3) is 0.429. The van der Waals surface area contributed by atoms with Gasteiger partial charge in [-0.25, -0.2) is 9.78 Å². The summed E-state index contributed by atoms with van der Waals surface area (Å²) >= 11 is 6.29. The number of halogens is 1. The van der Waals surface area contributed by atoms with Crippen molar-refractivity contribution in [2.75, 3.05) is 22.2 Å². The molecule has 30 heavy (non-hydrogen) atoms. The standard InChI is InChI=1S/C21H24ClN5O3/c1-13(28)30-16-9-7-15(8-10-16)24-20-23-11-14-12-27(18-6-4-3-5-17(18)22)21(29)26(2)19(14)25-20/h3-6,11,15-16H,7-10,12H2,1-2H3,(H,23,24,25). The van der Waals surface area contributed by atoms with Crippen molar-refractivity contribution in [1.82, 2.24) is 9.97 Å². The van der Waals surface area contributed by atoms with Crippen molar-refractivity contribution in [2.24, 2.45) is 0 Å². The lowest BCUT2D eigenvalue weighted by Gasteiger charge is -2.34. The molecule has 1 saturated carbocycles. The zero-order valence-electron chi connectivity index (χ0n) is 17.0. The summed E-state index contributed by atoms with van der Waals surface area (Å²) in [7, 11) is 1.70. The number of fused-ring (bicyclic) bond motifs is 1. The fourth-order valence-electron chi connectivity index (χ4n) is 3.98. The Balaban J connectivity index is 1.46. The first-order valence-corrected chi connectivity index (χ1v) is 10.4. The van der Waals surface area contributed by atoms with Gasteiger partial charge in [0.2, 0.25) is 5.95 Å². The molecule has 1 aliphatic heterocycles. The molecule has 2 aliphatic rings. The summed E-state index contributed by atoms with van der Waals surface area (Å²) in [5, 5.41) is 3.88. The number of amides is 2. The Hall–Kier alpha value is -2.87. The molecule has 1 aliphatic carbocycles. The number of anilines is 3. The van der Waals surface area contributed by atoms with Crippen LogP contribution in [-0.4, -0.2) is 41.2 Å². The molecule has 0 saturated heterocycles. The zero-order valence-corrected chi connectivity index (χ0v) is 17.7. The number of aromatic nitrogens is 2. The summed E-state index contributed by atoms with van der Waals surface area (Å²) in [6.45, 7) is 1.80. The van der Waals surface area contributed by atoms with Crippen molar-refractivity contribution < 1.29 is 14.3 Å². The zero-order chi connectivity index (χ0) is 21.3. The Morgan fingerprint density at radius 2 is 1.97 bits per heavy atom. The molecule has 2 amide bonds. The minimum atomic E-state index is -0.233. The normalized spacial score (nSPS) is 21.2. The highest BCUT2D eigenvalue weighted by molar-refractivity contribution is 6.34. The fourth-order valence-corrected chi connectivity index (χ4v) is 4.22. The quantitative estimate of drug-likeness (QED) is 0.739. The number of benzene rings is 1. The second-order valence-electron chi connectivity index (χ2n) is 7.65. The van der Waals surface area contributed by atoms with Crippen molar-refractivity contribution in [3.63, 3.8) is 0 Å². The smallest absolute Gasteiger partial charge is 0.330 e. The van der Waals surface area contributed by atoms with Gasteiger partial charge in [-0.15, -0.1) is 0 Å². The van der Waals surface area contributed by atoms with E-state index in [1.807, 2.05) is 18.2 Å². The van der Waals surface area contributed by atoms with E-state index < -0.39 is 0 Å². The topological polar surface area (TPSA) is 87.7 Å². The average molecular weight is 430 g/mol. The predicted octanol–water partition coefficient (Wildman–Crippen LogP) is 3.99. The van der Waals surface area contributed by atoms with Gasteiger partial charge in [0.05, 0.1) is 17.3 Å². The molecular formula is C21H24ClN5O3. The number of hydrogen-bond donors (Lipinski definition) is 1. The molecule has 0 atom stereocenters. The lowest BCUT2D eigenvalue weighted by Crippen LogP contribution is -2.46. The van der Waals surface area contributed by atoms with Gasteiger partial charge in [0.15, 0.2) is 0 Å². The molecule has 1 fully saturated rings. The van der Waals surface area contributed by atoms with Gasteiger partial charge in [-0.05, 0) is 37.8 Å². The first-order chi connectivity index (χ1) is 14.4. The number of rotatable bonds is 4. The first-order valence-electron chi connectivity index (χ1n) is 10.0. The molecule has 1 aromatic heterocycles. The maximum absolute atomic E-state index is 12.9. The highest BCUT2D eigenvalue weighted by Gasteiger charge is 2.32. The van der Waals surface area contributed by atoms with Crippen LogP contribution in [-0.2, 0) is 16.1 Å². The summed E-state index contributed by atoms with van der Waals surface area (Å²) in [5.41, 5.74) is 1.51. The van der Waals surface area contributed by atoms with Crippen molar-refractivity contribution in [2.45, 2.75) is 51.3 Å². The average Bonchev–Trinajstić information content (AvgIpc) is 2.73. The summed E-state index contributed by atoms with van der Waals surface area (Å²) in [6, 6.07) is 7.28. The van der Waals surface area contributed by atoms with Crippen LogP contribution in [0.2, 0.25) is 5.02 Å². The Labute approximate surface area is 180 Å². The Morgan fingerprint density at radius 1 is 1.23 bits per heavy atom. The van der Waals surface area contributed by atoms with E-state index in [2.05, 4.69) is 15.3 Å². The Bertz CT molecular complexity index is 961. The number of nitrogens with zero attached hydrogens (tertiary/aromatic N) is 4. The third-order valence-corrected chi connectivity index (χ3v) is 5.81. The third-order valence-electron chi connectivity index (χ3n) is 5.49. The number of carbonyl (C=O) groups is 2. The lowest BCUT2D eigenvalue weighted by atomic mass is 9.93. The molecule has 2 aromatic rings. The Kier molecular flexibility index (Phi) is 5.76. The van der Waals surface area contributed by atoms with Crippen LogP contribution < -0.4 is 15.1 Å². The number of esters is 1. The highest BCUT2D eigenvalue weighted by atomic mass is 35.5. The molecule has 4 rings (SSSR count). The summed E-state index contributed by atoms with van der Waals surface area (Å²) < 4.78 is 5.29. The summed E-state index contributed by atoms with van der Waals surface area (Å²) in [4.78, 5) is 36.2. The molecule has 0 spiro atoms. The van der Waals surface area contributed by atoms with E-state index in [9.17, 15) is 9.59 Å². The number of carbonyl (C=O) groups excluding carboxylic acids is 2. The van der Waals surface area contributed by atoms with Crippen molar-refractivity contribution in [3.8, 4) is 0 Å². The van der Waals surface area contributed by atoms with E-state index in [0.29, 0.717) is 29.0 Å². The van der Waals surface area contributed by atoms with Crippen LogP contribution in [0.3, 0.4) is 0 Å². The van der Waals surface area contributed by atoms with Crippen molar-refractivity contribution >= 4 is 41.1 Å². The van der Waals surface area contributed by atoms with Crippen LogP contribution in [0, 0.1) is 0 Å². The van der Waals surface area contributed by atoms with Gasteiger partial charge >= 0.3 is 12.0 Å². The van der Waals surface area contributed by atoms with Crippen LogP contribution in [0.4, 0.5) is 22.2 Å². The SMILES string of the molecule is CC(=O)OC1CCC(Nc2ncc3c(n2)N(C)C(=O)N(c2ccccc2Cl)C3)CC1. The van der Waals surface area contributed by atoms with Crippen molar-refractivity contribution in [3.05, 3.63) is 41.0 Å². The van der Waals surface area contributed by atoms with E-state index in [-0.39, 0.29) is 24.1 Å². The number of hydrogen-bond acceptors (Lipinski definition) is 6. The number of para-hydroxylation sites is 1. The minimum Gasteiger partial charge on any atom is -0.463 e. The van der Waals surface area contributed by atoms with Gasteiger partial charge in [0, 0.05) is 31.8 Å². The van der Waals surface area contributed by atoms with Crippen LogP contribution in [0.1, 0.15) is 38.2 Å². The van der Waals surface area contributed by atoms with E-state index in [1.165, 1.54) is 11.8 Å². The molecule has 1 N–H and O–H groups in total. The van der Waals surface area contributed by atoms with Crippen LogP contribution >= 0.6 is 11.6 Å². The molecule has 2 heterocycles. The van der Waals surface area contributed by atoms with E-state index in [4.69, 9.17) is 16.3 Å². The second kappa shape index (κ2) is 8.47. The molecular weight excluding hydrogens is 406 g/mol. The van der Waals surface area contributed by atoms with E-state index in [1.54, 1.807) is 24.2 Å². The highest BCUT2D eigenvalue weighted by Crippen LogP contribution is 2.33. The van der Waals surface area contributed by atoms with Gasteiger partial charge in [0.1, 0.15) is 11.9 Å². The van der Waals surface area contributed by atoms with Crippen LogP contribution in [0.5, 0.6) is 0 Å². The summed E-state index contributed by atoms with van der Waals surface area (Å²) in [6.07, 6.45) is 5.10. The van der Waals surface area contributed by atoms with Gasteiger partial charge in [-0.1, -0.05) is 23.7 Å². The number of nitrogens with one attached hydrogen (secondary N) is 1. The van der Waals surface area contributed by atoms with Gasteiger partial charge in [-0.2, -0.15) is 4.98 Å². The summed E-state index contributed by atoms with van der Waals surface area (Å²) in [5.74, 6) is 0.855. The molecule has 0 radical (unpaired) electrons. The second-order valence-corrected chi connectivity index (χ2v) is 8.06. The van der Waals surface area contributed by atoms with Gasteiger partial charge in [-0.3, -0.25) is 14.6 Å². The molecule has 0 unspecified atom stereocenters. The lowest BCUT2D eigenvalue weighted by molar-refractivity contribution is -0.147. The predicted molar refractivity (Wildman–Crippen MR) is 115 cm³/mol. The monoisotopic (exact) mass is 429 g/mol. The number of urea groups is 1. The third kappa shape index (κ3) is 4.18. The van der Waals surface area contributed by atoms with E-state index in [0.717, 1.165) is 31.2 Å². The Morgan fingerprint density at radius 3 is 2.67 bits per heavy atom. The largest absolute Gasteiger partial charge is 0.463 e. The van der Waals surface area contributed by atoms with Crippen LogP contribution in [0.25, 0.3) is 0 Å². The molecule has 8 nitrogen and oxygen atoms in total. The maximum Gasteiger partial charge on any atom is 0.330 e. The molecule has 0 bridgehead atoms. The van der Waals surface area contributed by atoms with Gasteiger partial charge < -0.3 is 10.1 Å². The first kappa shape index (κ1) is 20.4. The molecule has 158 valence electrons. The van der Waals surface area contributed by atoms with E-state index >= 15 is 0 Å².